The lowest BCUT2D eigenvalue weighted by Gasteiger charge is -2.17. The minimum Gasteiger partial charge on any atom is -0.350 e. The highest BCUT2D eigenvalue weighted by atomic mass is 16.1. The fraction of sp³-hybridized carbons (Fsp3) is 0.545. The topological polar surface area (TPSA) is 50.2 Å². The van der Waals surface area contributed by atoms with Crippen LogP contribution in [0.4, 0.5) is 0 Å². The van der Waals surface area contributed by atoms with E-state index in [1.807, 2.05) is 0 Å². The van der Waals surface area contributed by atoms with Crippen LogP contribution < -0.4 is 5.32 Å². The van der Waals surface area contributed by atoms with E-state index in [1.54, 1.807) is 0 Å². The Morgan fingerprint density at radius 2 is 2.19 bits per heavy atom. The quantitative estimate of drug-likeness (QED) is 0.854. The van der Waals surface area contributed by atoms with E-state index in [2.05, 4.69) is 52.2 Å². The van der Waals surface area contributed by atoms with Crippen LogP contribution in [0.3, 0.4) is 0 Å². The predicted octanol–water partition coefficient (Wildman–Crippen LogP) is 3.24. The molecule has 0 bridgehead atoms. The number of carbonyl (C=O) groups is 1. The summed E-state index contributed by atoms with van der Waals surface area (Å²) < 4.78 is 2.13. The molecule has 5 nitrogen and oxygen atoms in total. The molecule has 2 heterocycles. The third-order valence-electron chi connectivity index (χ3n) is 5.84. The number of benzene rings is 1. The number of hydrogen-bond donors (Lipinski definition) is 1. The molecule has 1 aliphatic heterocycles. The first-order valence-electron chi connectivity index (χ1n) is 10.4. The molecule has 0 radical (unpaired) electrons. The van der Waals surface area contributed by atoms with Gasteiger partial charge in [0, 0.05) is 26.1 Å². The summed E-state index contributed by atoms with van der Waals surface area (Å²) in [5.41, 5.74) is 5.01. The normalized spacial score (nSPS) is 19.4. The van der Waals surface area contributed by atoms with Crippen molar-refractivity contribution in [3.63, 3.8) is 0 Å². The average Bonchev–Trinajstić information content (AvgIpc) is 3.19. The van der Waals surface area contributed by atoms with Gasteiger partial charge in [-0.2, -0.15) is 5.10 Å². The van der Waals surface area contributed by atoms with Crippen LogP contribution in [0.25, 0.3) is 0 Å². The molecule has 1 aromatic carbocycles. The van der Waals surface area contributed by atoms with Gasteiger partial charge in [-0.05, 0) is 55.3 Å². The highest BCUT2D eigenvalue weighted by Crippen LogP contribution is 2.35. The van der Waals surface area contributed by atoms with Crippen molar-refractivity contribution in [2.75, 3.05) is 13.1 Å². The van der Waals surface area contributed by atoms with E-state index >= 15 is 0 Å². The van der Waals surface area contributed by atoms with Crippen molar-refractivity contribution in [1.29, 1.82) is 0 Å². The number of hydrogen-bond acceptors (Lipinski definition) is 3. The first-order valence-corrected chi connectivity index (χ1v) is 10.4. The maximum atomic E-state index is 12.5. The number of carbonyl (C=O) groups excluding carboxylic acids is 1. The molecule has 5 heteroatoms. The number of nitrogens with zero attached hydrogens (tertiary/aromatic N) is 3. The summed E-state index contributed by atoms with van der Waals surface area (Å²) in [6.45, 7) is 6.98. The average molecular weight is 367 g/mol. The van der Waals surface area contributed by atoms with Crippen molar-refractivity contribution in [2.45, 2.75) is 64.6 Å². The molecule has 1 aliphatic carbocycles. The van der Waals surface area contributed by atoms with Gasteiger partial charge in [0.05, 0.1) is 17.9 Å². The van der Waals surface area contributed by atoms with Crippen molar-refractivity contribution >= 4 is 5.91 Å². The van der Waals surface area contributed by atoms with Gasteiger partial charge in [0.2, 0.25) is 5.91 Å². The number of amides is 1. The molecular formula is C22H30N4O. The molecule has 2 aliphatic rings. The van der Waals surface area contributed by atoms with E-state index in [1.165, 1.54) is 23.2 Å². The Hall–Kier alpha value is -2.14. The zero-order valence-electron chi connectivity index (χ0n) is 16.3. The monoisotopic (exact) mass is 366 g/mol. The van der Waals surface area contributed by atoms with Crippen molar-refractivity contribution in [1.82, 2.24) is 20.0 Å². The zero-order valence-corrected chi connectivity index (χ0v) is 16.3. The molecule has 0 unspecified atom stereocenters. The van der Waals surface area contributed by atoms with Gasteiger partial charge in [-0.3, -0.25) is 14.4 Å². The van der Waals surface area contributed by atoms with Crippen LogP contribution in [0, 0.1) is 0 Å². The summed E-state index contributed by atoms with van der Waals surface area (Å²) in [6, 6.07) is 10.7. The van der Waals surface area contributed by atoms with Crippen LogP contribution in [-0.4, -0.2) is 33.7 Å². The fourth-order valence-corrected chi connectivity index (χ4v) is 4.52. The van der Waals surface area contributed by atoms with Crippen LogP contribution in [0.2, 0.25) is 0 Å². The first kappa shape index (κ1) is 18.2. The van der Waals surface area contributed by atoms with Gasteiger partial charge in [-0.25, -0.2) is 0 Å². The molecule has 1 aromatic heterocycles. The smallest absolute Gasteiger partial charge is 0.220 e. The van der Waals surface area contributed by atoms with Crippen LogP contribution in [-0.2, 0) is 30.8 Å². The van der Waals surface area contributed by atoms with Crippen LogP contribution in [0.1, 0.15) is 61.0 Å². The van der Waals surface area contributed by atoms with Gasteiger partial charge in [-0.15, -0.1) is 0 Å². The van der Waals surface area contributed by atoms with E-state index < -0.39 is 0 Å². The van der Waals surface area contributed by atoms with Gasteiger partial charge < -0.3 is 5.32 Å². The van der Waals surface area contributed by atoms with Crippen LogP contribution >= 0.6 is 0 Å². The Morgan fingerprint density at radius 1 is 1.30 bits per heavy atom. The predicted molar refractivity (Wildman–Crippen MR) is 106 cm³/mol. The first-order chi connectivity index (χ1) is 13.2. The molecule has 0 saturated carbocycles. The van der Waals surface area contributed by atoms with Crippen molar-refractivity contribution in [2.24, 2.45) is 0 Å². The Labute approximate surface area is 161 Å². The minimum atomic E-state index is 0.132. The summed E-state index contributed by atoms with van der Waals surface area (Å²) in [4.78, 5) is 15.0. The largest absolute Gasteiger partial charge is 0.350 e. The lowest BCUT2D eigenvalue weighted by atomic mass is 9.97. The van der Waals surface area contributed by atoms with E-state index in [0.717, 1.165) is 51.1 Å². The number of fused-ring (bicyclic) bond motifs is 2. The second-order valence-corrected chi connectivity index (χ2v) is 7.90. The van der Waals surface area contributed by atoms with Crippen molar-refractivity contribution in [3.05, 3.63) is 52.8 Å². The molecule has 4 rings (SSSR count). The van der Waals surface area contributed by atoms with Gasteiger partial charge in [0.1, 0.15) is 0 Å². The molecule has 1 atom stereocenters. The molecule has 0 fully saturated rings. The standard InChI is InChI=1S/C22H30N4O/c1-2-10-25-11-5-12-26-20(16-25)14-19(24-26)15-23-22(27)13-18-9-8-17-6-3-4-7-21(17)18/h3-4,6-7,14,18H,2,5,8-13,15-16H2,1H3,(H,23,27)/t18-/m1/s1. The molecule has 27 heavy (non-hydrogen) atoms. The molecule has 2 aromatic rings. The maximum absolute atomic E-state index is 12.5. The van der Waals surface area contributed by atoms with E-state index in [9.17, 15) is 4.79 Å². The zero-order chi connectivity index (χ0) is 18.6. The summed E-state index contributed by atoms with van der Waals surface area (Å²) in [5.74, 6) is 0.495. The van der Waals surface area contributed by atoms with Gasteiger partial charge >= 0.3 is 0 Å². The molecule has 144 valence electrons. The summed E-state index contributed by atoms with van der Waals surface area (Å²) in [5, 5.41) is 7.81. The van der Waals surface area contributed by atoms with Crippen molar-refractivity contribution < 1.29 is 4.79 Å². The third-order valence-corrected chi connectivity index (χ3v) is 5.84. The Kier molecular flexibility index (Phi) is 5.58. The number of nitrogens with one attached hydrogen (secondary N) is 1. The fourth-order valence-electron chi connectivity index (χ4n) is 4.52. The SMILES string of the molecule is CCCN1CCCn2nc(CNC(=O)C[C@H]3CCc4ccccc43)cc2C1. The Balaban J connectivity index is 1.32. The Morgan fingerprint density at radius 3 is 3.07 bits per heavy atom. The number of aromatic nitrogens is 2. The maximum Gasteiger partial charge on any atom is 0.220 e. The van der Waals surface area contributed by atoms with Crippen LogP contribution in [0.5, 0.6) is 0 Å². The lowest BCUT2D eigenvalue weighted by Crippen LogP contribution is -2.25. The van der Waals surface area contributed by atoms with Crippen LogP contribution in [0.15, 0.2) is 30.3 Å². The highest BCUT2D eigenvalue weighted by Gasteiger charge is 2.24. The third kappa shape index (κ3) is 4.24. The summed E-state index contributed by atoms with van der Waals surface area (Å²) >= 11 is 0. The van der Waals surface area contributed by atoms with E-state index in [-0.39, 0.29) is 5.91 Å². The lowest BCUT2D eigenvalue weighted by molar-refractivity contribution is -0.121. The minimum absolute atomic E-state index is 0.132. The molecule has 1 N–H and O–H groups in total. The second-order valence-electron chi connectivity index (χ2n) is 7.90. The van der Waals surface area contributed by atoms with E-state index in [0.29, 0.717) is 18.9 Å². The number of aryl methyl sites for hydroxylation is 2. The van der Waals surface area contributed by atoms with Crippen molar-refractivity contribution in [3.8, 4) is 0 Å². The summed E-state index contributed by atoms with van der Waals surface area (Å²) in [7, 11) is 0. The van der Waals surface area contributed by atoms with Gasteiger partial charge in [-0.1, -0.05) is 31.2 Å². The molecular weight excluding hydrogens is 336 g/mol. The molecule has 0 saturated heterocycles. The summed E-state index contributed by atoms with van der Waals surface area (Å²) in [6.07, 6.45) is 5.08. The molecule has 1 amide bonds. The van der Waals surface area contributed by atoms with Gasteiger partial charge in [0.25, 0.3) is 0 Å². The second kappa shape index (κ2) is 8.26. The van der Waals surface area contributed by atoms with E-state index in [4.69, 9.17) is 5.10 Å². The Bertz CT molecular complexity index is 797. The van der Waals surface area contributed by atoms with Gasteiger partial charge in [0.15, 0.2) is 0 Å². The number of rotatable bonds is 6. The highest BCUT2D eigenvalue weighted by molar-refractivity contribution is 5.77. The molecule has 0 spiro atoms.